The highest BCUT2D eigenvalue weighted by molar-refractivity contribution is 7.18. The van der Waals surface area contributed by atoms with Crippen LogP contribution in [0.1, 0.15) is 36.7 Å². The topological polar surface area (TPSA) is 70.4 Å². The second-order valence-corrected chi connectivity index (χ2v) is 7.92. The van der Waals surface area contributed by atoms with Gasteiger partial charge in [0.05, 0.1) is 10.4 Å². The van der Waals surface area contributed by atoms with Crippen LogP contribution >= 0.6 is 11.3 Å². The minimum atomic E-state index is -0.940. The van der Waals surface area contributed by atoms with E-state index < -0.39 is 5.97 Å². The lowest BCUT2D eigenvalue weighted by atomic mass is 9.85. The zero-order valence-corrected chi connectivity index (χ0v) is 15.1. The van der Waals surface area contributed by atoms with E-state index in [-0.39, 0.29) is 11.0 Å². The lowest BCUT2D eigenvalue weighted by Crippen LogP contribution is -2.11. The molecule has 0 aliphatic rings. The van der Waals surface area contributed by atoms with Crippen molar-refractivity contribution in [1.82, 2.24) is 4.98 Å². The molecule has 128 valence electrons. The first-order valence-electron chi connectivity index (χ1n) is 7.89. The number of thiazole rings is 1. The van der Waals surface area contributed by atoms with Crippen LogP contribution in [0.25, 0.3) is 21.0 Å². The predicted octanol–water partition coefficient (Wildman–Crippen LogP) is 5.18. The summed E-state index contributed by atoms with van der Waals surface area (Å²) in [6.45, 7) is 6.19. The summed E-state index contributed by atoms with van der Waals surface area (Å²) in [5, 5.41) is 19.9. The average molecular weight is 353 g/mol. The Morgan fingerprint density at radius 2 is 1.68 bits per heavy atom. The monoisotopic (exact) mass is 353 g/mol. The number of hydrogen-bond acceptors (Lipinski definition) is 4. The standard InChI is InChI=1S/C20H19NO3S/c1-20(2,3)15-10-14(8-9-16(15)22)17-11-21-18(25-17)12-4-6-13(7-5-12)19(23)24/h4-11,22H,1-3H3,(H,23,24). The van der Waals surface area contributed by atoms with Crippen molar-refractivity contribution in [1.29, 1.82) is 0 Å². The molecule has 0 radical (unpaired) electrons. The third-order valence-corrected chi connectivity index (χ3v) is 5.07. The van der Waals surface area contributed by atoms with Gasteiger partial charge in [0.15, 0.2) is 0 Å². The maximum Gasteiger partial charge on any atom is 0.335 e. The van der Waals surface area contributed by atoms with Crippen molar-refractivity contribution in [2.75, 3.05) is 0 Å². The third kappa shape index (κ3) is 3.56. The van der Waals surface area contributed by atoms with Crippen molar-refractivity contribution in [2.24, 2.45) is 0 Å². The number of rotatable bonds is 3. The molecule has 1 heterocycles. The summed E-state index contributed by atoms with van der Waals surface area (Å²) in [6.07, 6.45) is 1.81. The van der Waals surface area contributed by atoms with Crippen LogP contribution in [0.4, 0.5) is 0 Å². The van der Waals surface area contributed by atoms with Crippen molar-refractivity contribution in [2.45, 2.75) is 26.2 Å². The Morgan fingerprint density at radius 1 is 1.04 bits per heavy atom. The number of nitrogens with zero attached hydrogens (tertiary/aromatic N) is 1. The zero-order valence-electron chi connectivity index (χ0n) is 14.3. The maximum absolute atomic E-state index is 10.9. The Bertz CT molecular complexity index is 921. The largest absolute Gasteiger partial charge is 0.508 e. The molecular formula is C20H19NO3S. The van der Waals surface area contributed by atoms with Gasteiger partial charge in [-0.15, -0.1) is 11.3 Å². The van der Waals surface area contributed by atoms with Crippen LogP contribution in [0.5, 0.6) is 5.75 Å². The summed E-state index contributed by atoms with van der Waals surface area (Å²) in [4.78, 5) is 16.4. The molecule has 0 unspecified atom stereocenters. The SMILES string of the molecule is CC(C)(C)c1cc(-c2cnc(-c3ccc(C(=O)O)cc3)s2)ccc1O. The molecule has 2 aromatic carbocycles. The van der Waals surface area contributed by atoms with Crippen LogP contribution in [-0.4, -0.2) is 21.2 Å². The van der Waals surface area contributed by atoms with Crippen molar-refractivity contribution >= 4 is 17.3 Å². The molecule has 0 bridgehead atoms. The highest BCUT2D eigenvalue weighted by atomic mass is 32.1. The van der Waals surface area contributed by atoms with Gasteiger partial charge >= 0.3 is 5.97 Å². The van der Waals surface area contributed by atoms with Crippen LogP contribution < -0.4 is 0 Å². The van der Waals surface area contributed by atoms with Gasteiger partial charge in [0.1, 0.15) is 10.8 Å². The van der Waals surface area contributed by atoms with Gasteiger partial charge in [-0.25, -0.2) is 9.78 Å². The van der Waals surface area contributed by atoms with Crippen molar-refractivity contribution in [3.8, 4) is 26.8 Å². The molecule has 0 fully saturated rings. The van der Waals surface area contributed by atoms with E-state index in [2.05, 4.69) is 25.8 Å². The number of phenolic OH excluding ortho intramolecular Hbond substituents is 1. The summed E-state index contributed by atoms with van der Waals surface area (Å²) in [5.41, 5.74) is 2.89. The average Bonchev–Trinajstić information content (AvgIpc) is 3.04. The van der Waals surface area contributed by atoms with Crippen molar-refractivity contribution in [3.05, 3.63) is 59.8 Å². The summed E-state index contributed by atoms with van der Waals surface area (Å²) < 4.78 is 0. The summed E-state index contributed by atoms with van der Waals surface area (Å²) in [5.74, 6) is -0.643. The first-order chi connectivity index (χ1) is 11.8. The van der Waals surface area contributed by atoms with E-state index in [1.807, 2.05) is 18.3 Å². The van der Waals surface area contributed by atoms with E-state index in [0.717, 1.165) is 26.6 Å². The number of phenols is 1. The van der Waals surface area contributed by atoms with Gasteiger partial charge in [0.2, 0.25) is 0 Å². The van der Waals surface area contributed by atoms with Gasteiger partial charge < -0.3 is 10.2 Å². The molecule has 0 atom stereocenters. The molecule has 3 aromatic rings. The van der Waals surface area contributed by atoms with Crippen molar-refractivity contribution < 1.29 is 15.0 Å². The lowest BCUT2D eigenvalue weighted by molar-refractivity contribution is 0.0697. The summed E-state index contributed by atoms with van der Waals surface area (Å²) >= 11 is 1.54. The van der Waals surface area contributed by atoms with E-state index in [9.17, 15) is 9.90 Å². The Balaban J connectivity index is 1.95. The number of hydrogen-bond donors (Lipinski definition) is 2. The Hall–Kier alpha value is -2.66. The number of carboxylic acids is 1. The molecular weight excluding hydrogens is 334 g/mol. The molecule has 0 spiro atoms. The fourth-order valence-corrected chi connectivity index (χ4v) is 3.50. The number of aromatic carboxylic acids is 1. The molecule has 0 aliphatic heterocycles. The minimum absolute atomic E-state index is 0.153. The molecule has 4 nitrogen and oxygen atoms in total. The summed E-state index contributed by atoms with van der Waals surface area (Å²) in [6, 6.07) is 12.3. The first-order valence-corrected chi connectivity index (χ1v) is 8.71. The fraction of sp³-hybridized carbons (Fsp3) is 0.200. The van der Waals surface area contributed by atoms with Gasteiger partial charge in [0.25, 0.3) is 0 Å². The molecule has 5 heteroatoms. The van der Waals surface area contributed by atoms with Gasteiger partial charge in [-0.2, -0.15) is 0 Å². The van der Waals surface area contributed by atoms with Crippen LogP contribution in [-0.2, 0) is 5.41 Å². The van der Waals surface area contributed by atoms with E-state index in [1.165, 1.54) is 11.3 Å². The Labute approximate surface area is 150 Å². The van der Waals surface area contributed by atoms with Gasteiger partial charge in [-0.3, -0.25) is 0 Å². The molecule has 3 rings (SSSR count). The smallest absolute Gasteiger partial charge is 0.335 e. The second kappa shape index (κ2) is 6.33. The third-order valence-electron chi connectivity index (χ3n) is 3.97. The van der Waals surface area contributed by atoms with Gasteiger partial charge in [-0.1, -0.05) is 32.9 Å². The Morgan fingerprint density at radius 3 is 2.28 bits per heavy atom. The number of aromatic nitrogens is 1. The maximum atomic E-state index is 10.9. The highest BCUT2D eigenvalue weighted by Crippen LogP contribution is 2.37. The van der Waals surface area contributed by atoms with E-state index in [4.69, 9.17) is 5.11 Å². The molecule has 1 aromatic heterocycles. The molecule has 25 heavy (non-hydrogen) atoms. The van der Waals surface area contributed by atoms with Crippen molar-refractivity contribution in [3.63, 3.8) is 0 Å². The number of carbonyl (C=O) groups is 1. The number of benzene rings is 2. The summed E-state index contributed by atoms with van der Waals surface area (Å²) in [7, 11) is 0. The molecule has 0 saturated carbocycles. The van der Waals surface area contributed by atoms with Crippen LogP contribution in [0.2, 0.25) is 0 Å². The molecule has 0 amide bonds. The van der Waals surface area contributed by atoms with E-state index in [1.54, 1.807) is 30.3 Å². The zero-order chi connectivity index (χ0) is 18.2. The van der Waals surface area contributed by atoms with Gasteiger partial charge in [0, 0.05) is 11.8 Å². The van der Waals surface area contributed by atoms with Crippen LogP contribution in [0, 0.1) is 0 Å². The number of carboxylic acid groups (broad SMARTS) is 1. The second-order valence-electron chi connectivity index (χ2n) is 6.89. The lowest BCUT2D eigenvalue weighted by Gasteiger charge is -2.21. The quantitative estimate of drug-likeness (QED) is 0.681. The van der Waals surface area contributed by atoms with Crippen LogP contribution in [0.3, 0.4) is 0 Å². The first kappa shape index (κ1) is 17.2. The van der Waals surface area contributed by atoms with Crippen LogP contribution in [0.15, 0.2) is 48.7 Å². The minimum Gasteiger partial charge on any atom is -0.508 e. The Kier molecular flexibility index (Phi) is 4.35. The molecule has 2 N–H and O–H groups in total. The predicted molar refractivity (Wildman–Crippen MR) is 100 cm³/mol. The molecule has 0 saturated heterocycles. The molecule has 0 aliphatic carbocycles. The van der Waals surface area contributed by atoms with E-state index in [0.29, 0.717) is 5.75 Å². The van der Waals surface area contributed by atoms with Gasteiger partial charge in [-0.05, 0) is 46.9 Å². The van der Waals surface area contributed by atoms with E-state index >= 15 is 0 Å². The normalized spacial score (nSPS) is 11.5. The highest BCUT2D eigenvalue weighted by Gasteiger charge is 2.19. The number of aromatic hydroxyl groups is 1. The fourth-order valence-electron chi connectivity index (χ4n) is 2.59.